The molecule has 168 valence electrons. The van der Waals surface area contributed by atoms with Gasteiger partial charge >= 0.3 is 17.9 Å². The lowest BCUT2D eigenvalue weighted by atomic mass is 9.78. The maximum absolute atomic E-state index is 13.0. The van der Waals surface area contributed by atoms with E-state index in [2.05, 4.69) is 0 Å². The summed E-state index contributed by atoms with van der Waals surface area (Å²) in [5.74, 6) is -2.72. The van der Waals surface area contributed by atoms with Crippen molar-refractivity contribution in [1.29, 1.82) is 0 Å². The van der Waals surface area contributed by atoms with Crippen LogP contribution in [-0.4, -0.2) is 80.8 Å². The van der Waals surface area contributed by atoms with Crippen molar-refractivity contribution in [2.75, 3.05) is 39.5 Å². The summed E-state index contributed by atoms with van der Waals surface area (Å²) < 4.78 is 27.7. The third kappa shape index (κ3) is 4.07. The molecule has 4 fully saturated rings. The third-order valence-corrected chi connectivity index (χ3v) is 6.67. The number of carbonyl (C=O) groups is 3. The van der Waals surface area contributed by atoms with Gasteiger partial charge in [-0.2, -0.15) is 0 Å². The summed E-state index contributed by atoms with van der Waals surface area (Å²) in [7, 11) is 0. The van der Waals surface area contributed by atoms with Gasteiger partial charge < -0.3 is 23.7 Å². The van der Waals surface area contributed by atoms with Crippen molar-refractivity contribution in [2.45, 2.75) is 51.6 Å². The molecule has 0 N–H and O–H groups in total. The number of fused-ring (bicyclic) bond motifs is 1. The molecule has 2 bridgehead atoms. The van der Waals surface area contributed by atoms with Gasteiger partial charge in [-0.25, -0.2) is 0 Å². The minimum atomic E-state index is -0.651. The standard InChI is InChI=1S/C21H31NO8/c1-3-5-15(27-4-2)29-20(24)16-12-10-13-17(16)21(25)30-19(13)18(12)28-14(23)11-22-6-8-26-9-7-22/h12-13,15-19H,3-11H2,1-2H3. The highest BCUT2D eigenvalue weighted by atomic mass is 16.7. The maximum atomic E-state index is 13.0. The third-order valence-electron chi connectivity index (χ3n) is 6.67. The van der Waals surface area contributed by atoms with Crippen LogP contribution in [0.1, 0.15) is 33.1 Å². The molecule has 0 aromatic heterocycles. The van der Waals surface area contributed by atoms with E-state index in [-0.39, 0.29) is 30.3 Å². The number of carbonyl (C=O) groups excluding carboxylic acids is 3. The van der Waals surface area contributed by atoms with Crippen LogP contribution in [0.4, 0.5) is 0 Å². The Hall–Kier alpha value is -1.71. The number of hydrogen-bond acceptors (Lipinski definition) is 9. The van der Waals surface area contributed by atoms with E-state index in [0.717, 1.165) is 6.42 Å². The Morgan fingerprint density at radius 2 is 1.97 bits per heavy atom. The molecule has 30 heavy (non-hydrogen) atoms. The lowest BCUT2D eigenvalue weighted by Gasteiger charge is -2.32. The van der Waals surface area contributed by atoms with Crippen LogP contribution in [0, 0.1) is 23.7 Å². The van der Waals surface area contributed by atoms with E-state index in [4.69, 9.17) is 23.7 Å². The minimum Gasteiger partial charge on any atom is -0.458 e. The summed E-state index contributed by atoms with van der Waals surface area (Å²) >= 11 is 0. The Kier molecular flexibility index (Phi) is 6.60. The summed E-state index contributed by atoms with van der Waals surface area (Å²) in [5.41, 5.74) is 0. The number of morpholine rings is 1. The highest BCUT2D eigenvalue weighted by molar-refractivity contribution is 5.86. The van der Waals surface area contributed by atoms with Gasteiger partial charge in [0.05, 0.1) is 31.6 Å². The molecule has 2 saturated carbocycles. The number of nitrogens with zero attached hydrogens (tertiary/aromatic N) is 1. The number of ether oxygens (including phenoxy) is 5. The maximum Gasteiger partial charge on any atom is 0.320 e. The van der Waals surface area contributed by atoms with Crippen molar-refractivity contribution in [1.82, 2.24) is 4.90 Å². The van der Waals surface area contributed by atoms with E-state index < -0.39 is 36.3 Å². The zero-order valence-electron chi connectivity index (χ0n) is 17.6. The van der Waals surface area contributed by atoms with Gasteiger partial charge in [-0.05, 0) is 13.3 Å². The van der Waals surface area contributed by atoms with E-state index in [1.807, 2.05) is 18.7 Å². The molecular weight excluding hydrogens is 394 g/mol. The van der Waals surface area contributed by atoms with Crippen LogP contribution in [0.15, 0.2) is 0 Å². The van der Waals surface area contributed by atoms with Gasteiger partial charge in [-0.1, -0.05) is 13.3 Å². The van der Waals surface area contributed by atoms with E-state index in [1.165, 1.54) is 0 Å². The van der Waals surface area contributed by atoms with Crippen LogP contribution in [-0.2, 0) is 38.1 Å². The molecule has 2 heterocycles. The van der Waals surface area contributed by atoms with Gasteiger partial charge in [0.25, 0.3) is 0 Å². The van der Waals surface area contributed by atoms with Crippen molar-refractivity contribution < 1.29 is 38.1 Å². The zero-order valence-corrected chi connectivity index (χ0v) is 17.6. The lowest BCUT2D eigenvalue weighted by Crippen LogP contribution is -2.46. The van der Waals surface area contributed by atoms with Crippen LogP contribution in [0.5, 0.6) is 0 Å². The van der Waals surface area contributed by atoms with Crippen LogP contribution in [0.25, 0.3) is 0 Å². The average molecular weight is 425 g/mol. The summed E-state index contributed by atoms with van der Waals surface area (Å²) in [5, 5.41) is 0. The highest BCUT2D eigenvalue weighted by Gasteiger charge is 2.70. The van der Waals surface area contributed by atoms with E-state index in [1.54, 1.807) is 0 Å². The van der Waals surface area contributed by atoms with Crippen molar-refractivity contribution in [3.8, 4) is 0 Å². The van der Waals surface area contributed by atoms with Gasteiger partial charge in [0.1, 0.15) is 12.2 Å². The van der Waals surface area contributed by atoms with Gasteiger partial charge in [0.15, 0.2) is 0 Å². The fourth-order valence-electron chi connectivity index (χ4n) is 5.41. The molecule has 2 saturated heterocycles. The Balaban J connectivity index is 1.42. The number of rotatable bonds is 9. The van der Waals surface area contributed by atoms with E-state index in [9.17, 15) is 14.4 Å². The fraction of sp³-hybridized carbons (Fsp3) is 0.857. The van der Waals surface area contributed by atoms with Gasteiger partial charge in [-0.3, -0.25) is 19.3 Å². The Morgan fingerprint density at radius 1 is 1.20 bits per heavy atom. The van der Waals surface area contributed by atoms with E-state index >= 15 is 0 Å². The molecule has 0 aromatic carbocycles. The molecule has 7 atom stereocenters. The van der Waals surface area contributed by atoms with Crippen LogP contribution >= 0.6 is 0 Å². The Labute approximate surface area is 176 Å². The second-order valence-electron chi connectivity index (χ2n) is 8.47. The van der Waals surface area contributed by atoms with Crippen LogP contribution in [0.3, 0.4) is 0 Å². The SMILES string of the molecule is CCCC(OCC)OC(=O)C1C2CC3C(OC(=O)C31)C2OC(=O)CN1CCOCC1. The highest BCUT2D eigenvalue weighted by Crippen LogP contribution is 2.59. The molecular formula is C21H31NO8. The first-order valence-electron chi connectivity index (χ1n) is 11.1. The Morgan fingerprint density at radius 3 is 2.67 bits per heavy atom. The molecule has 9 nitrogen and oxygen atoms in total. The molecule has 0 spiro atoms. The van der Waals surface area contributed by atoms with Crippen LogP contribution in [0.2, 0.25) is 0 Å². The molecule has 4 aliphatic rings. The predicted octanol–water partition coefficient (Wildman–Crippen LogP) is 0.744. The van der Waals surface area contributed by atoms with Crippen molar-refractivity contribution in [3.05, 3.63) is 0 Å². The largest absolute Gasteiger partial charge is 0.458 e. The molecule has 4 rings (SSSR count). The smallest absolute Gasteiger partial charge is 0.320 e. The van der Waals surface area contributed by atoms with Crippen molar-refractivity contribution in [2.24, 2.45) is 23.7 Å². The fourth-order valence-corrected chi connectivity index (χ4v) is 5.41. The number of esters is 3. The molecule has 0 amide bonds. The molecule has 2 aliphatic carbocycles. The summed E-state index contributed by atoms with van der Waals surface area (Å²) in [6, 6.07) is 0. The lowest BCUT2D eigenvalue weighted by molar-refractivity contribution is -0.190. The summed E-state index contributed by atoms with van der Waals surface area (Å²) in [6.07, 6.45) is 0.356. The first kappa shape index (κ1) is 21.5. The topological polar surface area (TPSA) is 101 Å². The molecule has 0 aromatic rings. The second-order valence-corrected chi connectivity index (χ2v) is 8.47. The van der Waals surface area contributed by atoms with Gasteiger partial charge in [0, 0.05) is 38.0 Å². The van der Waals surface area contributed by atoms with Crippen LogP contribution < -0.4 is 0 Å². The number of hydrogen-bond donors (Lipinski definition) is 0. The normalized spacial score (nSPS) is 35.9. The molecule has 7 unspecified atom stereocenters. The second kappa shape index (κ2) is 9.20. The predicted molar refractivity (Wildman–Crippen MR) is 102 cm³/mol. The summed E-state index contributed by atoms with van der Waals surface area (Å²) in [4.78, 5) is 40.0. The van der Waals surface area contributed by atoms with E-state index in [0.29, 0.717) is 45.8 Å². The van der Waals surface area contributed by atoms with Gasteiger partial charge in [-0.15, -0.1) is 0 Å². The first-order valence-corrected chi connectivity index (χ1v) is 11.1. The Bertz CT molecular complexity index is 657. The van der Waals surface area contributed by atoms with Gasteiger partial charge in [0.2, 0.25) is 6.29 Å². The van der Waals surface area contributed by atoms with Crippen molar-refractivity contribution >= 4 is 17.9 Å². The zero-order chi connectivity index (χ0) is 21.3. The monoisotopic (exact) mass is 425 g/mol. The quantitative estimate of drug-likeness (QED) is 0.301. The van der Waals surface area contributed by atoms with Crippen molar-refractivity contribution in [3.63, 3.8) is 0 Å². The average Bonchev–Trinajstić information content (AvgIpc) is 3.33. The minimum absolute atomic E-state index is 0.0991. The first-order chi connectivity index (χ1) is 14.5. The molecule has 0 radical (unpaired) electrons. The molecule has 2 aliphatic heterocycles. The molecule has 9 heteroatoms. The summed E-state index contributed by atoms with van der Waals surface area (Å²) in [6.45, 7) is 6.97.